The third-order valence-electron chi connectivity index (χ3n) is 3.79. The van der Waals surface area contributed by atoms with Crippen LogP contribution in [0, 0.1) is 12.7 Å². The molecule has 24 heavy (non-hydrogen) atoms. The monoisotopic (exact) mass is 364 g/mol. The Morgan fingerprint density at radius 1 is 1.04 bits per heavy atom. The molecule has 0 spiro atoms. The van der Waals surface area contributed by atoms with E-state index in [1.165, 1.54) is 12.1 Å². The predicted molar refractivity (Wildman–Crippen MR) is 97.8 cm³/mol. The fraction of sp³-hybridized carbons (Fsp3) is 0.0588. The number of rotatable bonds is 2. The topological polar surface area (TPSA) is 46.5 Å². The molecule has 0 aliphatic rings. The average molecular weight is 365 g/mol. The first-order valence-corrected chi connectivity index (χ1v) is 6.96. The summed E-state index contributed by atoms with van der Waals surface area (Å²) in [5, 5.41) is 7.04. The van der Waals surface area contributed by atoms with E-state index in [9.17, 15) is 4.39 Å². The number of nitrogens with zero attached hydrogens (tertiary/aromatic N) is 3. The van der Waals surface area contributed by atoms with E-state index < -0.39 is 0 Å². The second-order valence-electron chi connectivity index (χ2n) is 5.18. The average Bonchev–Trinajstić information content (AvgIpc) is 3.13. The summed E-state index contributed by atoms with van der Waals surface area (Å²) in [5.41, 5.74) is 5.84. The molecule has 1 N–H and O–H groups in total. The van der Waals surface area contributed by atoms with Gasteiger partial charge >= 0.3 is 0 Å². The largest absolute Gasteiger partial charge is 0.299 e. The van der Waals surface area contributed by atoms with E-state index in [0.29, 0.717) is 0 Å². The van der Waals surface area contributed by atoms with Crippen LogP contribution in [0.25, 0.3) is 27.8 Å². The minimum Gasteiger partial charge on any atom is -0.299 e. The Balaban J connectivity index is 0.00000104. The maximum absolute atomic E-state index is 13.1. The molecule has 0 radical (unpaired) electrons. The normalized spacial score (nSPS) is 10.2. The van der Waals surface area contributed by atoms with Crippen LogP contribution < -0.4 is 0 Å². The summed E-state index contributed by atoms with van der Waals surface area (Å²) in [6.07, 6.45) is 3.64. The highest BCUT2D eigenvalue weighted by atomic mass is 35.5. The number of benzene rings is 2. The van der Waals surface area contributed by atoms with Crippen LogP contribution in [0.4, 0.5) is 4.39 Å². The molecule has 2 aromatic heterocycles. The molecule has 4 nitrogen and oxygen atoms in total. The predicted octanol–water partition coefficient (Wildman–Crippen LogP) is 4.71. The quantitative estimate of drug-likeness (QED) is 0.559. The van der Waals surface area contributed by atoms with Gasteiger partial charge in [0.2, 0.25) is 0 Å². The molecule has 0 bridgehead atoms. The standard InChI is InChI=1S/C17H13FN4.2ClH/c1-11-15(9-20-21-11)12-2-7-16-17(8-12)22(10-19-16)14-5-3-13(18)4-6-14;;/h2-10H,1H3,(H,20,21);2*1H. The Kier molecular flexibility index (Phi) is 5.26. The maximum Gasteiger partial charge on any atom is 0.123 e. The van der Waals surface area contributed by atoms with Crippen molar-refractivity contribution >= 4 is 35.8 Å². The Labute approximate surface area is 150 Å². The van der Waals surface area contributed by atoms with Crippen molar-refractivity contribution in [2.75, 3.05) is 0 Å². The van der Waals surface area contributed by atoms with Gasteiger partial charge in [-0.05, 0) is 48.9 Å². The van der Waals surface area contributed by atoms with Crippen molar-refractivity contribution in [2.45, 2.75) is 6.92 Å². The number of aromatic amines is 1. The summed E-state index contributed by atoms with van der Waals surface area (Å²) in [4.78, 5) is 4.41. The molecule has 4 rings (SSSR count). The molecule has 2 heterocycles. The second-order valence-corrected chi connectivity index (χ2v) is 5.18. The molecule has 0 amide bonds. The molecule has 0 saturated heterocycles. The summed E-state index contributed by atoms with van der Waals surface area (Å²) < 4.78 is 15.1. The minimum absolute atomic E-state index is 0. The van der Waals surface area contributed by atoms with E-state index in [1.54, 1.807) is 18.5 Å². The van der Waals surface area contributed by atoms with Gasteiger partial charge in [0.05, 0.1) is 16.7 Å². The third kappa shape index (κ3) is 3.00. The number of imidazole rings is 1. The van der Waals surface area contributed by atoms with Gasteiger partial charge in [0.1, 0.15) is 12.1 Å². The van der Waals surface area contributed by atoms with Crippen LogP contribution in [-0.2, 0) is 0 Å². The van der Waals surface area contributed by atoms with Crippen LogP contribution in [0.3, 0.4) is 0 Å². The molecule has 4 aromatic rings. The zero-order valence-corrected chi connectivity index (χ0v) is 14.4. The Morgan fingerprint density at radius 3 is 2.46 bits per heavy atom. The summed E-state index contributed by atoms with van der Waals surface area (Å²) >= 11 is 0. The first-order chi connectivity index (χ1) is 10.7. The van der Waals surface area contributed by atoms with E-state index in [1.807, 2.05) is 29.8 Å². The van der Waals surface area contributed by atoms with Crippen molar-refractivity contribution in [3.63, 3.8) is 0 Å². The first-order valence-electron chi connectivity index (χ1n) is 6.96. The Hall–Kier alpha value is -2.37. The van der Waals surface area contributed by atoms with Crippen LogP contribution in [0.15, 0.2) is 55.0 Å². The number of hydrogen-bond donors (Lipinski definition) is 1. The molecule has 0 unspecified atom stereocenters. The van der Waals surface area contributed by atoms with E-state index in [-0.39, 0.29) is 30.6 Å². The van der Waals surface area contributed by atoms with E-state index in [4.69, 9.17) is 0 Å². The number of aromatic nitrogens is 4. The van der Waals surface area contributed by atoms with Gasteiger partial charge in [-0.15, -0.1) is 24.8 Å². The lowest BCUT2D eigenvalue weighted by Crippen LogP contribution is -1.92. The summed E-state index contributed by atoms with van der Waals surface area (Å²) in [7, 11) is 0. The van der Waals surface area contributed by atoms with E-state index >= 15 is 0 Å². The number of hydrogen-bond acceptors (Lipinski definition) is 2. The summed E-state index contributed by atoms with van der Waals surface area (Å²) in [5.74, 6) is -0.247. The van der Waals surface area contributed by atoms with Crippen LogP contribution >= 0.6 is 24.8 Å². The number of H-pyrrole nitrogens is 1. The fourth-order valence-electron chi connectivity index (χ4n) is 2.63. The highest BCUT2D eigenvalue weighted by molar-refractivity contribution is 5.86. The molecule has 7 heteroatoms. The summed E-state index contributed by atoms with van der Waals surface area (Å²) in [6, 6.07) is 12.5. The van der Waals surface area contributed by atoms with Gasteiger partial charge in [-0.3, -0.25) is 9.67 Å². The molecule has 2 aromatic carbocycles. The van der Waals surface area contributed by atoms with Gasteiger partial charge in [0.15, 0.2) is 0 Å². The van der Waals surface area contributed by atoms with E-state index in [2.05, 4.69) is 21.2 Å². The van der Waals surface area contributed by atoms with Crippen molar-refractivity contribution in [3.8, 4) is 16.8 Å². The zero-order valence-electron chi connectivity index (χ0n) is 12.7. The Bertz CT molecular complexity index is 960. The zero-order chi connectivity index (χ0) is 15.1. The second kappa shape index (κ2) is 7.03. The lowest BCUT2D eigenvalue weighted by molar-refractivity contribution is 0.627. The Morgan fingerprint density at radius 2 is 1.79 bits per heavy atom. The first kappa shape index (κ1) is 18.0. The highest BCUT2D eigenvalue weighted by Crippen LogP contribution is 2.27. The van der Waals surface area contributed by atoms with Gasteiger partial charge in [-0.25, -0.2) is 9.37 Å². The lowest BCUT2D eigenvalue weighted by atomic mass is 10.1. The molecule has 0 aliphatic heterocycles. The minimum atomic E-state index is -0.247. The van der Waals surface area contributed by atoms with Gasteiger partial charge in [0, 0.05) is 17.4 Å². The molecular weight excluding hydrogens is 350 g/mol. The molecule has 124 valence electrons. The van der Waals surface area contributed by atoms with Crippen LogP contribution in [-0.4, -0.2) is 19.7 Å². The maximum atomic E-state index is 13.1. The van der Waals surface area contributed by atoms with Gasteiger partial charge in [-0.2, -0.15) is 5.10 Å². The van der Waals surface area contributed by atoms with Crippen molar-refractivity contribution in [1.82, 2.24) is 19.7 Å². The fourth-order valence-corrected chi connectivity index (χ4v) is 2.63. The lowest BCUT2D eigenvalue weighted by Gasteiger charge is -2.05. The number of aryl methyl sites for hydroxylation is 1. The van der Waals surface area contributed by atoms with Crippen LogP contribution in [0.2, 0.25) is 0 Å². The SMILES string of the molecule is Cc1n[nH]cc1-c1ccc2ncn(-c3ccc(F)cc3)c2c1.Cl.Cl. The van der Waals surface area contributed by atoms with Crippen molar-refractivity contribution in [2.24, 2.45) is 0 Å². The number of nitrogens with one attached hydrogen (secondary N) is 1. The van der Waals surface area contributed by atoms with Crippen molar-refractivity contribution in [3.05, 3.63) is 66.5 Å². The number of fused-ring (bicyclic) bond motifs is 1. The van der Waals surface area contributed by atoms with Crippen molar-refractivity contribution in [1.29, 1.82) is 0 Å². The van der Waals surface area contributed by atoms with Gasteiger partial charge in [-0.1, -0.05) is 6.07 Å². The molecule has 0 aliphatic carbocycles. The van der Waals surface area contributed by atoms with Gasteiger partial charge < -0.3 is 0 Å². The molecular formula is C17H15Cl2FN4. The summed E-state index contributed by atoms with van der Waals surface area (Å²) in [6.45, 7) is 1.97. The van der Waals surface area contributed by atoms with Crippen LogP contribution in [0.5, 0.6) is 0 Å². The van der Waals surface area contributed by atoms with Crippen LogP contribution in [0.1, 0.15) is 5.69 Å². The third-order valence-corrected chi connectivity index (χ3v) is 3.79. The molecule has 0 saturated carbocycles. The number of halogens is 3. The van der Waals surface area contributed by atoms with Crippen molar-refractivity contribution < 1.29 is 4.39 Å². The van der Waals surface area contributed by atoms with Gasteiger partial charge in [0.25, 0.3) is 0 Å². The molecule has 0 atom stereocenters. The highest BCUT2D eigenvalue weighted by Gasteiger charge is 2.09. The van der Waals surface area contributed by atoms with E-state index in [0.717, 1.165) is 33.5 Å². The smallest absolute Gasteiger partial charge is 0.123 e. The molecule has 0 fully saturated rings.